The molecule has 0 bridgehead atoms. The maximum Gasteiger partial charge on any atom is 0.340 e. The van der Waals surface area contributed by atoms with Gasteiger partial charge in [0.25, 0.3) is 0 Å². The molecule has 1 spiro atoms. The first-order valence-electron chi connectivity index (χ1n) is 8.66. The number of hydrogen-bond acceptors (Lipinski definition) is 6. The Balaban J connectivity index is 0.00000205. The monoisotopic (exact) mass is 576 g/mol. The zero-order valence-corrected chi connectivity index (χ0v) is 21.0. The smallest absolute Gasteiger partial charge is 0.340 e. The number of esters is 2. The molecule has 1 unspecified atom stereocenters. The Hall–Kier alpha value is -2.86. The molecule has 3 aromatic carbocycles. The summed E-state index contributed by atoms with van der Waals surface area (Å²) < 4.78 is 17.1. The molecule has 6 nitrogen and oxygen atoms in total. The average molecular weight is 575 g/mol. The van der Waals surface area contributed by atoms with E-state index in [1.54, 1.807) is 36.4 Å². The molecule has 5 rings (SSSR count). The van der Waals surface area contributed by atoms with Gasteiger partial charge in [-0.2, -0.15) is 0 Å². The molecule has 2 heterocycles. The van der Waals surface area contributed by atoms with E-state index in [1.165, 1.54) is 19.1 Å². The van der Waals surface area contributed by atoms with Crippen molar-refractivity contribution in [1.82, 2.24) is 0 Å². The van der Waals surface area contributed by atoms with Gasteiger partial charge in [0, 0.05) is 63.4 Å². The van der Waals surface area contributed by atoms with Crippen molar-refractivity contribution in [3.8, 4) is 23.0 Å². The molecule has 0 saturated carbocycles. The van der Waals surface area contributed by atoms with Crippen molar-refractivity contribution >= 4 is 11.9 Å². The van der Waals surface area contributed by atoms with Crippen molar-refractivity contribution in [2.75, 3.05) is 0 Å². The van der Waals surface area contributed by atoms with E-state index in [-0.39, 0.29) is 33.4 Å². The summed E-state index contributed by atoms with van der Waals surface area (Å²) in [5, 5.41) is 9.93. The molecule has 0 amide bonds. The molecule has 0 aliphatic carbocycles. The summed E-state index contributed by atoms with van der Waals surface area (Å²) in [5.41, 5.74) is 1.17. The van der Waals surface area contributed by atoms with Gasteiger partial charge in [-0.3, -0.25) is 4.79 Å². The number of phenolic OH excluding ortho intramolecular Hbond substituents is 1. The van der Waals surface area contributed by atoms with E-state index < -0.39 is 17.5 Å². The number of carbonyl (C=O) groups excluding carboxylic acids is 2. The van der Waals surface area contributed by atoms with Gasteiger partial charge in [-0.05, 0) is 30.3 Å². The molecule has 2 aliphatic rings. The molecule has 3 aromatic rings. The van der Waals surface area contributed by atoms with Crippen LogP contribution in [0.4, 0.5) is 0 Å². The fourth-order valence-corrected chi connectivity index (χ4v) is 3.87. The Morgan fingerprint density at radius 3 is 2.41 bits per heavy atom. The standard InChI is InChI=1S/C22H14O6.Hg/c1-12(23)26-14-7-9-18-20(11-14)27-19-10-13(24)6-8-17(19)22(18)16-5-3-2-4-15(16)21(25)28-22;/h2-11,24H,1H3;. The predicted octanol–water partition coefficient (Wildman–Crippen LogP) is 3.88. The van der Waals surface area contributed by atoms with Gasteiger partial charge in [-0.1, -0.05) is 18.2 Å². The molecule has 1 N–H and O–H groups in total. The number of hydrogen-bond donors (Lipinski definition) is 1. The third-order valence-electron chi connectivity index (χ3n) is 4.93. The van der Waals surface area contributed by atoms with Crippen molar-refractivity contribution < 1.29 is 56.6 Å². The largest absolute Gasteiger partial charge is 0.508 e. The number of ether oxygens (including phenoxy) is 3. The number of carbonyl (C=O) groups is 2. The number of phenols is 1. The molecule has 0 aromatic heterocycles. The van der Waals surface area contributed by atoms with Gasteiger partial charge in [-0.25, -0.2) is 4.79 Å². The normalized spacial score (nSPS) is 17.9. The maximum atomic E-state index is 12.7. The van der Waals surface area contributed by atoms with E-state index >= 15 is 0 Å². The van der Waals surface area contributed by atoms with Gasteiger partial charge in [-0.15, -0.1) is 0 Å². The third kappa shape index (κ3) is 2.81. The predicted molar refractivity (Wildman–Crippen MR) is 97.7 cm³/mol. The number of aromatic hydroxyl groups is 1. The summed E-state index contributed by atoms with van der Waals surface area (Å²) in [6.45, 7) is 1.31. The summed E-state index contributed by atoms with van der Waals surface area (Å²) in [6.07, 6.45) is 0. The molecule has 29 heavy (non-hydrogen) atoms. The van der Waals surface area contributed by atoms with Gasteiger partial charge < -0.3 is 19.3 Å². The first-order chi connectivity index (χ1) is 13.5. The van der Waals surface area contributed by atoms with Crippen LogP contribution in [0.1, 0.15) is 34.0 Å². The zero-order chi connectivity index (χ0) is 19.5. The van der Waals surface area contributed by atoms with Crippen LogP contribution in [0.15, 0.2) is 60.7 Å². The van der Waals surface area contributed by atoms with E-state index in [1.807, 2.05) is 12.1 Å². The van der Waals surface area contributed by atoms with Crippen molar-refractivity contribution in [3.05, 3.63) is 82.9 Å². The summed E-state index contributed by atoms with van der Waals surface area (Å²) in [4.78, 5) is 24.0. The van der Waals surface area contributed by atoms with Crippen molar-refractivity contribution in [3.63, 3.8) is 0 Å². The minimum atomic E-state index is -1.21. The van der Waals surface area contributed by atoms with E-state index in [9.17, 15) is 14.7 Å². The molecule has 1 atom stereocenters. The minimum Gasteiger partial charge on any atom is -0.508 e. The van der Waals surface area contributed by atoms with Crippen LogP contribution in [-0.2, 0) is 42.8 Å². The van der Waals surface area contributed by atoms with Crippen LogP contribution in [0.3, 0.4) is 0 Å². The number of fused-ring (bicyclic) bond motifs is 6. The van der Waals surface area contributed by atoms with Crippen LogP contribution in [0.25, 0.3) is 0 Å². The van der Waals surface area contributed by atoms with Gasteiger partial charge >= 0.3 is 11.9 Å². The van der Waals surface area contributed by atoms with E-state index in [2.05, 4.69) is 0 Å². The molecule has 7 heteroatoms. The Morgan fingerprint density at radius 1 is 0.966 bits per heavy atom. The Bertz CT molecular complexity index is 1170. The molecule has 140 valence electrons. The summed E-state index contributed by atoms with van der Waals surface area (Å²) >= 11 is 0. The maximum absolute atomic E-state index is 12.7. The van der Waals surface area contributed by atoms with Crippen molar-refractivity contribution in [2.45, 2.75) is 12.5 Å². The van der Waals surface area contributed by atoms with Crippen LogP contribution in [-0.4, -0.2) is 17.0 Å². The Kier molecular flexibility index (Phi) is 4.61. The number of benzene rings is 3. The average Bonchev–Trinajstić information content (AvgIpc) is 2.95. The topological polar surface area (TPSA) is 82.1 Å². The van der Waals surface area contributed by atoms with Crippen LogP contribution in [0.2, 0.25) is 0 Å². The van der Waals surface area contributed by atoms with Crippen LogP contribution < -0.4 is 9.47 Å². The summed E-state index contributed by atoms with van der Waals surface area (Å²) in [7, 11) is 0. The second-order valence-electron chi connectivity index (χ2n) is 6.65. The number of rotatable bonds is 1. The van der Waals surface area contributed by atoms with Crippen LogP contribution in [0, 0.1) is 0 Å². The molecule has 2 aliphatic heterocycles. The summed E-state index contributed by atoms with van der Waals surface area (Å²) in [6, 6.07) is 16.8. The van der Waals surface area contributed by atoms with Gasteiger partial charge in [0.2, 0.25) is 0 Å². The molecule has 0 saturated heterocycles. The quantitative estimate of drug-likeness (QED) is 0.270. The van der Waals surface area contributed by atoms with Crippen LogP contribution in [0.5, 0.6) is 23.0 Å². The van der Waals surface area contributed by atoms with E-state index in [4.69, 9.17) is 14.2 Å². The van der Waals surface area contributed by atoms with E-state index in [0.717, 1.165) is 0 Å². The van der Waals surface area contributed by atoms with Crippen LogP contribution >= 0.6 is 0 Å². The van der Waals surface area contributed by atoms with Gasteiger partial charge in [0.1, 0.15) is 23.0 Å². The second-order valence-corrected chi connectivity index (χ2v) is 6.65. The first kappa shape index (κ1) is 19.5. The van der Waals surface area contributed by atoms with Crippen molar-refractivity contribution in [1.29, 1.82) is 0 Å². The Morgan fingerprint density at radius 2 is 1.66 bits per heavy atom. The van der Waals surface area contributed by atoms with E-state index in [0.29, 0.717) is 39.5 Å². The minimum absolute atomic E-state index is 0. The summed E-state index contributed by atoms with van der Waals surface area (Å²) in [5.74, 6) is 0.166. The fourth-order valence-electron chi connectivity index (χ4n) is 3.87. The fraction of sp³-hybridized carbons (Fsp3) is 0.0909. The first-order valence-corrected chi connectivity index (χ1v) is 8.66. The van der Waals surface area contributed by atoms with Gasteiger partial charge in [0.15, 0.2) is 5.60 Å². The molecular weight excluding hydrogens is 561 g/mol. The Labute approximate surface area is 186 Å². The zero-order valence-electron chi connectivity index (χ0n) is 15.5. The molecule has 0 radical (unpaired) electrons. The SMILES string of the molecule is CC(=O)Oc1ccc2c(c1)Oc1cc(O)ccc1C21OC(=O)c2ccccc21.[Hg]. The third-order valence-corrected chi connectivity index (χ3v) is 4.93. The van der Waals surface area contributed by atoms with Gasteiger partial charge in [0.05, 0.1) is 5.56 Å². The van der Waals surface area contributed by atoms with Crippen molar-refractivity contribution in [2.24, 2.45) is 0 Å². The molecule has 0 fully saturated rings. The molecular formula is C22H14HgO6. The second kappa shape index (κ2) is 6.88.